The summed E-state index contributed by atoms with van der Waals surface area (Å²) in [6.07, 6.45) is -1.17. The van der Waals surface area contributed by atoms with Crippen LogP contribution in [0.2, 0.25) is 5.02 Å². The minimum absolute atomic E-state index is 0.0207. The van der Waals surface area contributed by atoms with Gasteiger partial charge in [-0.3, -0.25) is 19.7 Å². The van der Waals surface area contributed by atoms with Crippen LogP contribution in [-0.2, 0) is 14.3 Å². The fraction of sp³-hybridized carbons (Fsp3) is 0.222. The summed E-state index contributed by atoms with van der Waals surface area (Å²) in [6, 6.07) is 16.8. The monoisotopic (exact) mass is 537 g/mol. The average Bonchev–Trinajstić information content (AvgIpc) is 2.93. The van der Waals surface area contributed by atoms with E-state index in [2.05, 4.69) is 10.2 Å². The van der Waals surface area contributed by atoms with E-state index in [0.29, 0.717) is 18.9 Å². The van der Waals surface area contributed by atoms with Crippen LogP contribution < -0.4 is 10.2 Å². The Kier molecular flexibility index (Phi) is 8.35. The number of nitrogens with zero attached hydrogens (tertiary/aromatic N) is 2. The minimum Gasteiger partial charge on any atom is -0.449 e. The van der Waals surface area contributed by atoms with Crippen molar-refractivity contribution in [3.8, 4) is 0 Å². The first kappa shape index (κ1) is 26.8. The number of rotatable bonds is 8. The lowest BCUT2D eigenvalue weighted by Crippen LogP contribution is -2.36. The van der Waals surface area contributed by atoms with Gasteiger partial charge in [0.25, 0.3) is 11.6 Å². The predicted octanol–water partition coefficient (Wildman–Crippen LogP) is 4.50. The highest BCUT2D eigenvalue weighted by Gasteiger charge is 2.25. The number of nitro groups is 1. The zero-order valence-corrected chi connectivity index (χ0v) is 21.1. The van der Waals surface area contributed by atoms with Crippen LogP contribution in [0.5, 0.6) is 0 Å². The van der Waals surface area contributed by atoms with Crippen LogP contribution in [0.25, 0.3) is 0 Å². The summed E-state index contributed by atoms with van der Waals surface area (Å²) in [7, 11) is 0. The Balaban J connectivity index is 1.43. The van der Waals surface area contributed by atoms with E-state index in [1.807, 2.05) is 12.1 Å². The number of morpholine rings is 1. The smallest absolute Gasteiger partial charge is 0.339 e. The Morgan fingerprint density at radius 3 is 2.34 bits per heavy atom. The molecule has 0 unspecified atom stereocenters. The first-order chi connectivity index (χ1) is 18.2. The maximum absolute atomic E-state index is 13.1. The van der Waals surface area contributed by atoms with Crippen molar-refractivity contribution in [3.63, 3.8) is 0 Å². The van der Waals surface area contributed by atoms with Crippen molar-refractivity contribution in [2.45, 2.75) is 13.0 Å². The zero-order chi connectivity index (χ0) is 27.2. The van der Waals surface area contributed by atoms with Crippen molar-refractivity contribution >= 4 is 46.3 Å². The van der Waals surface area contributed by atoms with Gasteiger partial charge in [-0.05, 0) is 49.4 Å². The van der Waals surface area contributed by atoms with Gasteiger partial charge in [0, 0.05) is 41.7 Å². The molecule has 11 heteroatoms. The zero-order valence-electron chi connectivity index (χ0n) is 20.4. The van der Waals surface area contributed by atoms with Gasteiger partial charge in [0.05, 0.1) is 23.7 Å². The molecule has 1 aliphatic rings. The molecule has 0 aromatic heterocycles. The minimum atomic E-state index is -1.17. The summed E-state index contributed by atoms with van der Waals surface area (Å²) >= 11 is 5.84. The quantitative estimate of drug-likeness (QED) is 0.192. The molecule has 0 radical (unpaired) electrons. The standard InChI is InChI=1S/C27H24ClN3O7/c1-17(26(33)29-19-7-9-20(10-8-19)30-12-14-37-15-13-30)38-27(34)22-5-3-2-4-21(22)25(32)18-6-11-23(28)24(16-18)31(35)36/h2-11,16-17H,12-15H2,1H3,(H,29,33)/t17-/m1/s1. The number of hydrogen-bond donors (Lipinski definition) is 1. The van der Waals surface area contributed by atoms with Gasteiger partial charge in [0.1, 0.15) is 5.02 Å². The molecule has 1 aliphatic heterocycles. The maximum Gasteiger partial charge on any atom is 0.339 e. The second-order valence-electron chi connectivity index (χ2n) is 8.48. The van der Waals surface area contributed by atoms with Crippen molar-refractivity contribution in [3.05, 3.63) is 98.6 Å². The van der Waals surface area contributed by atoms with Gasteiger partial charge >= 0.3 is 5.97 Å². The van der Waals surface area contributed by atoms with E-state index >= 15 is 0 Å². The lowest BCUT2D eigenvalue weighted by Gasteiger charge is -2.28. The summed E-state index contributed by atoms with van der Waals surface area (Å²) in [5.41, 5.74) is 0.992. The van der Waals surface area contributed by atoms with E-state index < -0.39 is 34.4 Å². The lowest BCUT2D eigenvalue weighted by molar-refractivity contribution is -0.384. The first-order valence-corrected chi connectivity index (χ1v) is 12.1. The molecule has 0 aliphatic carbocycles. The Morgan fingerprint density at radius 1 is 1.03 bits per heavy atom. The molecule has 0 spiro atoms. The molecule has 4 rings (SSSR count). The van der Waals surface area contributed by atoms with Gasteiger partial charge in [-0.25, -0.2) is 4.79 Å². The highest BCUT2D eigenvalue weighted by atomic mass is 35.5. The SMILES string of the molecule is C[C@@H](OC(=O)c1ccccc1C(=O)c1ccc(Cl)c([N+](=O)[O-])c1)C(=O)Nc1ccc(N2CCOCC2)cc1. The van der Waals surface area contributed by atoms with E-state index in [0.717, 1.165) is 24.8 Å². The van der Waals surface area contributed by atoms with Gasteiger partial charge in [0.2, 0.25) is 0 Å². The summed E-state index contributed by atoms with van der Waals surface area (Å²) in [5.74, 6) is -2.06. The number of nitrogens with one attached hydrogen (secondary N) is 1. The van der Waals surface area contributed by atoms with Gasteiger partial charge in [0.15, 0.2) is 11.9 Å². The van der Waals surface area contributed by atoms with Crippen molar-refractivity contribution in [2.24, 2.45) is 0 Å². The number of ketones is 1. The van der Waals surface area contributed by atoms with E-state index in [-0.39, 0.29) is 21.7 Å². The maximum atomic E-state index is 13.1. The molecule has 0 saturated carbocycles. The Hall–Kier alpha value is -4.28. The molecule has 1 heterocycles. The summed E-state index contributed by atoms with van der Waals surface area (Å²) in [6.45, 7) is 4.32. The summed E-state index contributed by atoms with van der Waals surface area (Å²) in [5, 5.41) is 13.8. The highest BCUT2D eigenvalue weighted by Crippen LogP contribution is 2.27. The van der Waals surface area contributed by atoms with E-state index in [1.54, 1.807) is 24.3 Å². The number of esters is 1. The van der Waals surface area contributed by atoms with Crippen molar-refractivity contribution < 1.29 is 28.8 Å². The normalized spacial score (nSPS) is 13.9. The van der Waals surface area contributed by atoms with Crippen molar-refractivity contribution in [1.29, 1.82) is 0 Å². The fourth-order valence-electron chi connectivity index (χ4n) is 3.91. The molecule has 38 heavy (non-hydrogen) atoms. The number of carbonyl (C=O) groups is 3. The van der Waals surface area contributed by atoms with Gasteiger partial charge in [-0.2, -0.15) is 0 Å². The first-order valence-electron chi connectivity index (χ1n) is 11.8. The van der Waals surface area contributed by atoms with Crippen molar-refractivity contribution in [2.75, 3.05) is 36.5 Å². The molecule has 3 aromatic carbocycles. The molecular weight excluding hydrogens is 514 g/mol. The predicted molar refractivity (Wildman–Crippen MR) is 141 cm³/mol. The molecule has 0 bridgehead atoms. The molecule has 1 atom stereocenters. The second-order valence-corrected chi connectivity index (χ2v) is 8.89. The number of carbonyl (C=O) groups excluding carboxylic acids is 3. The average molecular weight is 538 g/mol. The molecule has 3 aromatic rings. The van der Waals surface area contributed by atoms with Gasteiger partial charge in [-0.1, -0.05) is 29.8 Å². The van der Waals surface area contributed by atoms with Gasteiger partial charge in [-0.15, -0.1) is 0 Å². The van der Waals surface area contributed by atoms with Gasteiger partial charge < -0.3 is 19.7 Å². The third-order valence-electron chi connectivity index (χ3n) is 5.96. The molecule has 1 saturated heterocycles. The van der Waals surface area contributed by atoms with E-state index in [4.69, 9.17) is 21.1 Å². The number of amides is 1. The molecule has 196 valence electrons. The third kappa shape index (κ3) is 6.16. The topological polar surface area (TPSA) is 128 Å². The molecule has 1 N–H and O–H groups in total. The molecular formula is C27H24ClN3O7. The second kappa shape index (κ2) is 11.8. The number of benzene rings is 3. The molecule has 10 nitrogen and oxygen atoms in total. The number of hydrogen-bond acceptors (Lipinski definition) is 8. The van der Waals surface area contributed by atoms with Crippen LogP contribution in [0.1, 0.15) is 33.2 Å². The number of anilines is 2. The summed E-state index contributed by atoms with van der Waals surface area (Å²) < 4.78 is 10.7. The highest BCUT2D eigenvalue weighted by molar-refractivity contribution is 6.33. The fourth-order valence-corrected chi connectivity index (χ4v) is 4.09. The molecule has 1 fully saturated rings. The van der Waals surface area contributed by atoms with E-state index in [9.17, 15) is 24.5 Å². The molecule has 1 amide bonds. The number of ether oxygens (including phenoxy) is 2. The van der Waals surface area contributed by atoms with Crippen LogP contribution in [0, 0.1) is 10.1 Å². The number of halogens is 1. The third-order valence-corrected chi connectivity index (χ3v) is 6.28. The van der Waals surface area contributed by atoms with Crippen LogP contribution in [0.15, 0.2) is 66.7 Å². The van der Waals surface area contributed by atoms with Crippen molar-refractivity contribution in [1.82, 2.24) is 0 Å². The van der Waals surface area contributed by atoms with Crippen LogP contribution in [0.4, 0.5) is 17.1 Å². The Bertz CT molecular complexity index is 1370. The van der Waals surface area contributed by atoms with Crippen LogP contribution >= 0.6 is 11.6 Å². The van der Waals surface area contributed by atoms with Crippen LogP contribution in [0.3, 0.4) is 0 Å². The Morgan fingerprint density at radius 2 is 1.68 bits per heavy atom. The summed E-state index contributed by atoms with van der Waals surface area (Å²) in [4.78, 5) is 51.4. The van der Waals surface area contributed by atoms with E-state index in [1.165, 1.54) is 31.2 Å². The largest absolute Gasteiger partial charge is 0.449 e. The number of nitro benzene ring substituents is 1. The Labute approximate surface area is 223 Å². The van der Waals surface area contributed by atoms with Crippen LogP contribution in [-0.4, -0.2) is 55.0 Å². The lowest BCUT2D eigenvalue weighted by atomic mass is 9.98.